The van der Waals surface area contributed by atoms with Gasteiger partial charge in [0.15, 0.2) is 0 Å². The summed E-state index contributed by atoms with van der Waals surface area (Å²) in [6, 6.07) is -0.955. The van der Waals surface area contributed by atoms with E-state index in [-0.39, 0.29) is 43.0 Å². The van der Waals surface area contributed by atoms with E-state index in [1.54, 1.807) is 13.0 Å². The van der Waals surface area contributed by atoms with Crippen molar-refractivity contribution in [1.82, 2.24) is 4.90 Å². The molecule has 4 unspecified atom stereocenters. The molecule has 0 spiro atoms. The topological polar surface area (TPSA) is 107 Å². The standard InChI is InChI=1S/C39H57NO7/c1-29-28-33-36(45)46-27-25-31(42)22-17-14-16-21-30(41)20-15-12-10-8-7-9-11-13-18-23-32-24-19-26-39(6,47-32)34(43)35(44)40(33)38(4,5)37(29,2)3/h7-11,13-14,17,29,32-33H,12,15-16,18-28H2,1-6H3/b9-7?,10-8+,13-11?,17-14-. The number of fused-ring (bicyclic) bond motifs is 3. The lowest BCUT2D eigenvalue weighted by Gasteiger charge is -2.58. The third kappa shape index (κ3) is 10.2. The van der Waals surface area contributed by atoms with Crippen molar-refractivity contribution in [3.63, 3.8) is 0 Å². The second-order valence-corrected chi connectivity index (χ2v) is 14.7. The van der Waals surface area contributed by atoms with Crippen LogP contribution in [0.25, 0.3) is 0 Å². The summed E-state index contributed by atoms with van der Waals surface area (Å²) in [4.78, 5) is 67.9. The molecular weight excluding hydrogens is 594 g/mol. The van der Waals surface area contributed by atoms with Crippen molar-refractivity contribution in [2.75, 3.05) is 6.61 Å². The predicted molar refractivity (Wildman–Crippen MR) is 183 cm³/mol. The second kappa shape index (κ2) is 17.3. The summed E-state index contributed by atoms with van der Waals surface area (Å²) < 4.78 is 12.0. The summed E-state index contributed by atoms with van der Waals surface area (Å²) in [5.74, 6) is -1.77. The maximum atomic E-state index is 14.2. The average molecular weight is 652 g/mol. The first-order valence-corrected chi connectivity index (χ1v) is 17.6. The van der Waals surface area contributed by atoms with Gasteiger partial charge in [-0.25, -0.2) is 4.79 Å². The number of Topliss-reactive ketones (excluding diaryl/α,β-unsaturated/α-hetero) is 3. The molecule has 0 N–H and O–H groups in total. The van der Waals surface area contributed by atoms with E-state index >= 15 is 0 Å². The van der Waals surface area contributed by atoms with Crippen LogP contribution in [0.15, 0.2) is 48.6 Å². The Kier molecular flexibility index (Phi) is 14.1. The highest BCUT2D eigenvalue weighted by Gasteiger charge is 2.58. The average Bonchev–Trinajstić information content (AvgIpc) is 3.01. The first-order valence-electron chi connectivity index (χ1n) is 17.6. The maximum Gasteiger partial charge on any atom is 0.328 e. The molecule has 4 atom stereocenters. The molecule has 2 bridgehead atoms. The second-order valence-electron chi connectivity index (χ2n) is 14.7. The number of allylic oxidation sites excluding steroid dienone is 8. The summed E-state index contributed by atoms with van der Waals surface area (Å²) in [6.07, 6.45) is 22.8. The fourth-order valence-electron chi connectivity index (χ4n) is 6.84. The number of carbonyl (C=O) groups is 5. The number of hydrogen-bond donors (Lipinski definition) is 0. The molecule has 8 heteroatoms. The van der Waals surface area contributed by atoms with Crippen molar-refractivity contribution in [2.24, 2.45) is 11.3 Å². The van der Waals surface area contributed by atoms with Crippen LogP contribution in [0.2, 0.25) is 0 Å². The zero-order chi connectivity index (χ0) is 34.7. The van der Waals surface area contributed by atoms with Crippen molar-refractivity contribution >= 4 is 29.2 Å². The summed E-state index contributed by atoms with van der Waals surface area (Å²) in [6.45, 7) is 11.6. The lowest BCUT2D eigenvalue weighted by Crippen LogP contribution is -2.70. The first-order chi connectivity index (χ1) is 22.2. The zero-order valence-corrected chi connectivity index (χ0v) is 29.6. The van der Waals surface area contributed by atoms with Crippen molar-refractivity contribution in [3.05, 3.63) is 48.6 Å². The molecule has 0 aromatic heterocycles. The Morgan fingerprint density at radius 1 is 0.745 bits per heavy atom. The van der Waals surface area contributed by atoms with Gasteiger partial charge in [-0.2, -0.15) is 0 Å². The SMILES string of the molecule is CC1CC2C(=O)OCCC(=O)C/C=C\CCC(=O)CCC/C=C/C=CC=CCCC3CCCC(C)(O3)C(=O)C(=O)N2C(C)(C)C1(C)C. The van der Waals surface area contributed by atoms with Gasteiger partial charge in [0.05, 0.1) is 12.7 Å². The van der Waals surface area contributed by atoms with E-state index in [2.05, 4.69) is 32.9 Å². The minimum atomic E-state index is -1.28. The van der Waals surface area contributed by atoms with E-state index in [0.29, 0.717) is 32.1 Å². The van der Waals surface area contributed by atoms with Gasteiger partial charge in [0, 0.05) is 31.2 Å². The minimum Gasteiger partial charge on any atom is -0.464 e. The summed E-state index contributed by atoms with van der Waals surface area (Å²) in [5.41, 5.74) is -2.53. The largest absolute Gasteiger partial charge is 0.464 e. The van der Waals surface area contributed by atoms with Crippen LogP contribution in [0.4, 0.5) is 0 Å². The quantitative estimate of drug-likeness (QED) is 0.153. The van der Waals surface area contributed by atoms with Gasteiger partial charge in [-0.3, -0.25) is 19.2 Å². The highest BCUT2D eigenvalue weighted by atomic mass is 16.5. The van der Waals surface area contributed by atoms with Crippen LogP contribution in [0, 0.1) is 11.3 Å². The van der Waals surface area contributed by atoms with Crippen LogP contribution in [0.3, 0.4) is 0 Å². The number of ether oxygens (including phenoxy) is 2. The normalized spacial score (nSPS) is 32.3. The Bertz CT molecular complexity index is 1260. The van der Waals surface area contributed by atoms with E-state index in [0.717, 1.165) is 38.5 Å². The Labute approximate surface area is 282 Å². The number of cyclic esters (lactones) is 1. The van der Waals surface area contributed by atoms with E-state index in [9.17, 15) is 24.0 Å². The summed E-state index contributed by atoms with van der Waals surface area (Å²) >= 11 is 0. The van der Waals surface area contributed by atoms with E-state index in [4.69, 9.17) is 9.47 Å². The van der Waals surface area contributed by atoms with Crippen LogP contribution < -0.4 is 0 Å². The van der Waals surface area contributed by atoms with Gasteiger partial charge < -0.3 is 14.4 Å². The molecule has 0 aliphatic carbocycles. The molecule has 2 saturated heterocycles. The van der Waals surface area contributed by atoms with Crippen molar-refractivity contribution in [2.45, 2.75) is 148 Å². The molecule has 3 heterocycles. The molecular formula is C39H57NO7. The number of esters is 1. The third-order valence-electron chi connectivity index (χ3n) is 10.9. The monoisotopic (exact) mass is 651 g/mol. The lowest BCUT2D eigenvalue weighted by molar-refractivity contribution is -0.187. The van der Waals surface area contributed by atoms with E-state index < -0.39 is 40.3 Å². The van der Waals surface area contributed by atoms with Crippen molar-refractivity contribution in [3.8, 4) is 0 Å². The Morgan fingerprint density at radius 2 is 1.45 bits per heavy atom. The van der Waals surface area contributed by atoms with Crippen LogP contribution >= 0.6 is 0 Å². The van der Waals surface area contributed by atoms with E-state index in [1.807, 2.05) is 44.2 Å². The highest BCUT2D eigenvalue weighted by molar-refractivity contribution is 6.39. The number of piperidine rings is 1. The van der Waals surface area contributed by atoms with Crippen LogP contribution in [-0.4, -0.2) is 64.0 Å². The predicted octanol–water partition coefficient (Wildman–Crippen LogP) is 7.36. The number of ketones is 3. The molecule has 0 saturated carbocycles. The van der Waals surface area contributed by atoms with Crippen LogP contribution in [-0.2, 0) is 33.4 Å². The maximum absolute atomic E-state index is 14.2. The van der Waals surface area contributed by atoms with Gasteiger partial charge in [0.25, 0.3) is 11.7 Å². The molecule has 0 aromatic carbocycles. The van der Waals surface area contributed by atoms with Crippen molar-refractivity contribution < 1.29 is 33.4 Å². The third-order valence-corrected chi connectivity index (χ3v) is 10.9. The number of hydrogen-bond acceptors (Lipinski definition) is 7. The molecule has 0 radical (unpaired) electrons. The van der Waals surface area contributed by atoms with Crippen LogP contribution in [0.5, 0.6) is 0 Å². The highest BCUT2D eigenvalue weighted by Crippen LogP contribution is 2.50. The molecule has 8 nitrogen and oxygen atoms in total. The Morgan fingerprint density at radius 3 is 2.17 bits per heavy atom. The minimum absolute atomic E-state index is 0.0459. The van der Waals surface area contributed by atoms with Gasteiger partial charge in [0.2, 0.25) is 0 Å². The smallest absolute Gasteiger partial charge is 0.328 e. The number of rotatable bonds is 0. The molecule has 3 rings (SSSR count). The Hall–Kier alpha value is -3.13. The number of amides is 1. The zero-order valence-electron chi connectivity index (χ0n) is 29.6. The fraction of sp³-hybridized carbons (Fsp3) is 0.667. The van der Waals surface area contributed by atoms with Gasteiger partial charge in [-0.15, -0.1) is 0 Å². The summed E-state index contributed by atoms with van der Waals surface area (Å²) in [5, 5.41) is 0. The number of carbonyl (C=O) groups excluding carboxylic acids is 5. The van der Waals surface area contributed by atoms with Crippen LogP contribution in [0.1, 0.15) is 125 Å². The summed E-state index contributed by atoms with van der Waals surface area (Å²) in [7, 11) is 0. The molecule has 2 fully saturated rings. The Balaban J connectivity index is 1.81. The molecule has 260 valence electrons. The van der Waals surface area contributed by atoms with Crippen molar-refractivity contribution in [1.29, 1.82) is 0 Å². The molecule has 1 amide bonds. The number of nitrogens with zero attached hydrogens (tertiary/aromatic N) is 1. The molecule has 3 aliphatic rings. The first kappa shape index (κ1) is 38.3. The molecule has 0 aromatic rings. The molecule has 47 heavy (non-hydrogen) atoms. The lowest BCUT2D eigenvalue weighted by atomic mass is 9.60. The van der Waals surface area contributed by atoms with Gasteiger partial charge in [-0.1, -0.05) is 69.4 Å². The fourth-order valence-corrected chi connectivity index (χ4v) is 6.84. The van der Waals surface area contributed by atoms with E-state index in [1.165, 1.54) is 4.90 Å². The van der Waals surface area contributed by atoms with Gasteiger partial charge in [0.1, 0.15) is 23.2 Å². The van der Waals surface area contributed by atoms with Gasteiger partial charge in [-0.05, 0) is 89.9 Å². The molecule has 3 aliphatic heterocycles. The van der Waals surface area contributed by atoms with Gasteiger partial charge >= 0.3 is 5.97 Å².